The lowest BCUT2D eigenvalue weighted by Crippen LogP contribution is -2.43. The minimum absolute atomic E-state index is 0.0165. The van der Waals surface area contributed by atoms with Crippen molar-refractivity contribution >= 4 is 11.9 Å². The average molecular weight is 487 g/mol. The first-order chi connectivity index (χ1) is 17.4. The van der Waals surface area contributed by atoms with Crippen LogP contribution in [0.25, 0.3) is 0 Å². The van der Waals surface area contributed by atoms with Crippen LogP contribution in [0.4, 0.5) is 0 Å². The van der Waals surface area contributed by atoms with E-state index >= 15 is 0 Å². The number of hydrogen-bond donors (Lipinski definition) is 0. The number of benzene rings is 2. The Hall–Kier alpha value is -3.40. The highest BCUT2D eigenvalue weighted by molar-refractivity contribution is 5.83. The van der Waals surface area contributed by atoms with Gasteiger partial charge in [0.05, 0.1) is 0 Å². The van der Waals surface area contributed by atoms with Crippen LogP contribution >= 0.6 is 0 Å². The Labute approximate surface area is 215 Å². The van der Waals surface area contributed by atoms with E-state index in [1.54, 1.807) is 12.2 Å². The summed E-state index contributed by atoms with van der Waals surface area (Å²) in [5.41, 5.74) is 4.01. The highest BCUT2D eigenvalue weighted by atomic mass is 16.6. The Morgan fingerprint density at radius 3 is 2.17 bits per heavy atom. The molecule has 1 aliphatic rings. The number of unbranched alkanes of at least 4 members (excludes halogenated alkanes) is 1. The lowest BCUT2D eigenvalue weighted by atomic mass is 9.90. The fourth-order valence-electron chi connectivity index (χ4n) is 4.77. The highest BCUT2D eigenvalue weighted by Crippen LogP contribution is 2.29. The Kier molecular flexibility index (Phi) is 10.3. The molecule has 2 aromatic carbocycles. The van der Waals surface area contributed by atoms with Gasteiger partial charge in [-0.2, -0.15) is 0 Å². The van der Waals surface area contributed by atoms with Crippen LogP contribution in [0, 0.1) is 11.8 Å². The van der Waals surface area contributed by atoms with E-state index < -0.39 is 6.10 Å². The fraction of sp³-hybridized carbons (Fsp3) is 0.375. The topological polar surface area (TPSA) is 52.6 Å². The van der Waals surface area contributed by atoms with E-state index in [0.29, 0.717) is 5.92 Å². The van der Waals surface area contributed by atoms with Crippen molar-refractivity contribution in [1.29, 1.82) is 0 Å². The molecule has 36 heavy (non-hydrogen) atoms. The second-order valence-electron chi connectivity index (χ2n) is 9.85. The first kappa shape index (κ1) is 27.2. The van der Waals surface area contributed by atoms with Crippen molar-refractivity contribution in [2.45, 2.75) is 65.1 Å². The Balaban J connectivity index is 1.48. The van der Waals surface area contributed by atoms with Gasteiger partial charge < -0.3 is 9.47 Å². The van der Waals surface area contributed by atoms with Gasteiger partial charge in [-0.15, -0.1) is 6.58 Å². The fourth-order valence-corrected chi connectivity index (χ4v) is 4.77. The molecule has 3 rings (SSSR count). The second-order valence-corrected chi connectivity index (χ2v) is 9.85. The van der Waals surface area contributed by atoms with Crippen molar-refractivity contribution in [2.24, 2.45) is 11.8 Å². The molecule has 4 nitrogen and oxygen atoms in total. The summed E-state index contributed by atoms with van der Waals surface area (Å²) in [5.74, 6) is -0.0747. The molecule has 0 radical (unpaired) electrons. The van der Waals surface area contributed by atoms with Gasteiger partial charge in [0.2, 0.25) is 0 Å². The number of rotatable bonds is 13. The van der Waals surface area contributed by atoms with Crippen LogP contribution in [-0.4, -0.2) is 18.0 Å². The minimum Gasteiger partial charge on any atom is -0.461 e. The van der Waals surface area contributed by atoms with E-state index in [1.807, 2.05) is 67.6 Å². The number of carbonyl (C=O) groups is 2. The van der Waals surface area contributed by atoms with Crippen molar-refractivity contribution in [3.05, 3.63) is 108 Å². The number of allylic oxidation sites excluding steroid dienone is 3. The van der Waals surface area contributed by atoms with Gasteiger partial charge in [0.25, 0.3) is 0 Å². The summed E-state index contributed by atoms with van der Waals surface area (Å²) in [6.45, 7) is 10.0. The van der Waals surface area contributed by atoms with Crippen LogP contribution in [0.5, 0.6) is 0 Å². The maximum Gasteiger partial charge on any atom is 0.331 e. The average Bonchev–Trinajstić information content (AvgIpc) is 2.85. The van der Waals surface area contributed by atoms with E-state index in [9.17, 15) is 9.59 Å². The number of esters is 2. The smallest absolute Gasteiger partial charge is 0.331 e. The van der Waals surface area contributed by atoms with Gasteiger partial charge in [0.15, 0.2) is 6.10 Å². The molecule has 3 atom stereocenters. The zero-order valence-electron chi connectivity index (χ0n) is 21.7. The van der Waals surface area contributed by atoms with Crippen LogP contribution in [-0.2, 0) is 19.1 Å². The molecule has 1 aliphatic heterocycles. The molecule has 0 spiro atoms. The molecule has 0 aliphatic carbocycles. The van der Waals surface area contributed by atoms with Crippen molar-refractivity contribution in [1.82, 2.24) is 0 Å². The SMILES string of the molecule is C=C[C@H]1C(=O)O[C@@H]1CCCC[C@@H](C)CC(C)=CC(C)=CC(=O)OC(c1ccccc1)c1ccccc1. The zero-order chi connectivity index (χ0) is 25.9. The van der Waals surface area contributed by atoms with Crippen LogP contribution in [0.15, 0.2) is 96.6 Å². The Bertz CT molecular complexity index is 1030. The molecule has 0 bridgehead atoms. The molecular formula is C32H38O4. The lowest BCUT2D eigenvalue weighted by Gasteiger charge is -2.33. The summed E-state index contributed by atoms with van der Waals surface area (Å²) in [4.78, 5) is 24.1. The van der Waals surface area contributed by atoms with E-state index in [1.165, 1.54) is 5.57 Å². The first-order valence-corrected chi connectivity index (χ1v) is 12.9. The summed E-state index contributed by atoms with van der Waals surface area (Å²) in [5, 5.41) is 0. The number of cyclic esters (lactones) is 1. The number of hydrogen-bond acceptors (Lipinski definition) is 4. The number of ether oxygens (including phenoxy) is 2. The predicted octanol–water partition coefficient (Wildman–Crippen LogP) is 7.53. The van der Waals surface area contributed by atoms with Gasteiger partial charge in [-0.1, -0.05) is 98.2 Å². The van der Waals surface area contributed by atoms with Gasteiger partial charge in [0, 0.05) is 6.08 Å². The largest absolute Gasteiger partial charge is 0.461 e. The van der Waals surface area contributed by atoms with Crippen LogP contribution < -0.4 is 0 Å². The van der Waals surface area contributed by atoms with Gasteiger partial charge in [-0.05, 0) is 55.7 Å². The Morgan fingerprint density at radius 1 is 1.00 bits per heavy atom. The van der Waals surface area contributed by atoms with Crippen molar-refractivity contribution in [3.63, 3.8) is 0 Å². The molecule has 0 saturated carbocycles. The summed E-state index contributed by atoms with van der Waals surface area (Å²) in [7, 11) is 0. The molecule has 1 saturated heterocycles. The minimum atomic E-state index is -0.445. The van der Waals surface area contributed by atoms with E-state index in [4.69, 9.17) is 9.47 Å². The lowest BCUT2D eigenvalue weighted by molar-refractivity contribution is -0.179. The molecule has 0 aromatic heterocycles. The molecule has 190 valence electrons. The molecule has 1 heterocycles. The highest BCUT2D eigenvalue weighted by Gasteiger charge is 2.39. The van der Waals surface area contributed by atoms with Crippen molar-refractivity contribution in [3.8, 4) is 0 Å². The monoisotopic (exact) mass is 486 g/mol. The second kappa shape index (κ2) is 13.6. The van der Waals surface area contributed by atoms with E-state index in [-0.39, 0.29) is 24.0 Å². The summed E-state index contributed by atoms with van der Waals surface area (Å²) in [6, 6.07) is 19.6. The maximum absolute atomic E-state index is 12.8. The van der Waals surface area contributed by atoms with Gasteiger partial charge in [-0.25, -0.2) is 4.79 Å². The zero-order valence-corrected chi connectivity index (χ0v) is 21.7. The third-order valence-electron chi connectivity index (χ3n) is 6.56. The van der Waals surface area contributed by atoms with Gasteiger partial charge in [-0.3, -0.25) is 4.79 Å². The van der Waals surface area contributed by atoms with E-state index in [2.05, 4.69) is 26.5 Å². The first-order valence-electron chi connectivity index (χ1n) is 12.9. The molecule has 2 aromatic rings. The molecule has 0 amide bonds. The molecule has 0 N–H and O–H groups in total. The standard InChI is InChI=1S/C32H38O4/c1-5-28-29(35-32(28)34)19-13-12-14-23(2)20-24(3)21-25(4)22-30(33)36-31(26-15-8-6-9-16-26)27-17-10-7-11-18-27/h5-11,15-18,21-23,28-29,31H,1,12-14,19-20H2,2-4H3/t23-,28-,29-/m1/s1. The van der Waals surface area contributed by atoms with Gasteiger partial charge >= 0.3 is 11.9 Å². The van der Waals surface area contributed by atoms with Crippen molar-refractivity contribution < 1.29 is 19.1 Å². The molecule has 4 heteroatoms. The van der Waals surface area contributed by atoms with Gasteiger partial charge in [0.1, 0.15) is 12.0 Å². The van der Waals surface area contributed by atoms with Crippen LogP contribution in [0.2, 0.25) is 0 Å². The predicted molar refractivity (Wildman–Crippen MR) is 144 cm³/mol. The third-order valence-corrected chi connectivity index (χ3v) is 6.56. The van der Waals surface area contributed by atoms with E-state index in [0.717, 1.165) is 48.8 Å². The molecular weight excluding hydrogens is 448 g/mol. The molecule has 0 unspecified atom stereocenters. The third kappa shape index (κ3) is 8.08. The van der Waals surface area contributed by atoms with Crippen molar-refractivity contribution in [2.75, 3.05) is 0 Å². The normalized spacial score (nSPS) is 18.8. The quantitative estimate of drug-likeness (QED) is 0.0965. The summed E-state index contributed by atoms with van der Waals surface area (Å²) >= 11 is 0. The molecule has 1 fully saturated rings. The van der Waals surface area contributed by atoms with Crippen LogP contribution in [0.1, 0.15) is 70.1 Å². The van der Waals surface area contributed by atoms with Crippen LogP contribution in [0.3, 0.4) is 0 Å². The number of carbonyl (C=O) groups excluding carboxylic acids is 2. The summed E-state index contributed by atoms with van der Waals surface area (Å²) < 4.78 is 11.1. The Morgan fingerprint density at radius 2 is 1.61 bits per heavy atom. The summed E-state index contributed by atoms with van der Waals surface area (Å²) in [6.07, 6.45) is 10.1. The maximum atomic E-state index is 12.8.